The molecule has 0 unspecified atom stereocenters. The predicted molar refractivity (Wildman–Crippen MR) is 93.2 cm³/mol. The fraction of sp³-hybridized carbons (Fsp3) is 0.444. The number of aromatic amines is 1. The predicted octanol–water partition coefficient (Wildman–Crippen LogP) is 1.20. The number of fused-ring (bicyclic) bond motifs is 1. The van der Waals surface area contributed by atoms with Crippen molar-refractivity contribution < 1.29 is 14.3 Å². The summed E-state index contributed by atoms with van der Waals surface area (Å²) in [4.78, 5) is 31.5. The number of H-pyrrole nitrogens is 1. The summed E-state index contributed by atoms with van der Waals surface area (Å²) in [6, 6.07) is 4.19. The fourth-order valence-corrected chi connectivity index (χ4v) is 3.55. The highest BCUT2D eigenvalue weighted by atomic mass is 19.1. The minimum atomic E-state index is -0.993. The lowest BCUT2D eigenvalue weighted by molar-refractivity contribution is -0.0391. The van der Waals surface area contributed by atoms with Gasteiger partial charge in [-0.05, 0) is 39.1 Å². The number of amides is 1. The molecule has 1 amide bonds. The summed E-state index contributed by atoms with van der Waals surface area (Å²) in [5, 5.41) is 10.9. The van der Waals surface area contributed by atoms with Crippen LogP contribution in [-0.2, 0) is 0 Å². The van der Waals surface area contributed by atoms with Gasteiger partial charge < -0.3 is 19.9 Å². The van der Waals surface area contributed by atoms with Crippen molar-refractivity contribution in [2.75, 3.05) is 33.7 Å². The maximum absolute atomic E-state index is 13.8. The molecule has 0 aliphatic carbocycles. The Morgan fingerprint density at radius 1 is 1.44 bits per heavy atom. The standard InChI is InChI=1S/C18H22FN3O3/c1-21(2)10-18(25)7-4-8-22(11-18)17(24)13-9-20-15-12(16(13)23)5-3-6-14(15)19/h3,5-6,9,25H,4,7-8,10-11H2,1-2H3,(H,20,23)/t18-/m1/s1. The lowest BCUT2D eigenvalue weighted by Crippen LogP contribution is -2.55. The Morgan fingerprint density at radius 3 is 2.92 bits per heavy atom. The van der Waals surface area contributed by atoms with Gasteiger partial charge in [-0.15, -0.1) is 0 Å². The van der Waals surface area contributed by atoms with Gasteiger partial charge in [0.05, 0.1) is 17.7 Å². The van der Waals surface area contributed by atoms with Crippen molar-refractivity contribution in [3.8, 4) is 0 Å². The molecule has 1 aliphatic rings. The molecule has 0 bridgehead atoms. The van der Waals surface area contributed by atoms with Gasteiger partial charge >= 0.3 is 0 Å². The summed E-state index contributed by atoms with van der Waals surface area (Å²) in [7, 11) is 3.72. The van der Waals surface area contributed by atoms with Crippen LogP contribution in [0.4, 0.5) is 4.39 Å². The van der Waals surface area contributed by atoms with Crippen LogP contribution in [0.3, 0.4) is 0 Å². The van der Waals surface area contributed by atoms with Crippen molar-refractivity contribution in [2.45, 2.75) is 18.4 Å². The zero-order chi connectivity index (χ0) is 18.2. The molecule has 2 heterocycles. The molecule has 1 atom stereocenters. The Morgan fingerprint density at radius 2 is 2.20 bits per heavy atom. The van der Waals surface area contributed by atoms with Crippen LogP contribution in [0.5, 0.6) is 0 Å². The normalized spacial score (nSPS) is 21.1. The number of hydrogen-bond donors (Lipinski definition) is 2. The molecule has 0 saturated carbocycles. The van der Waals surface area contributed by atoms with Gasteiger partial charge in [-0.25, -0.2) is 4.39 Å². The van der Waals surface area contributed by atoms with Crippen molar-refractivity contribution >= 4 is 16.8 Å². The molecule has 2 N–H and O–H groups in total. The zero-order valence-corrected chi connectivity index (χ0v) is 14.4. The highest BCUT2D eigenvalue weighted by molar-refractivity contribution is 5.97. The van der Waals surface area contributed by atoms with Crippen LogP contribution in [0, 0.1) is 5.82 Å². The highest BCUT2D eigenvalue weighted by Gasteiger charge is 2.36. The van der Waals surface area contributed by atoms with E-state index in [1.807, 2.05) is 19.0 Å². The first-order valence-electron chi connectivity index (χ1n) is 8.27. The van der Waals surface area contributed by atoms with Gasteiger partial charge in [-0.3, -0.25) is 9.59 Å². The monoisotopic (exact) mass is 347 g/mol. The average molecular weight is 347 g/mol. The van der Waals surface area contributed by atoms with E-state index in [1.54, 1.807) is 0 Å². The fourth-order valence-electron chi connectivity index (χ4n) is 3.55. The number of likely N-dealkylation sites (tertiary alicyclic amines) is 1. The topological polar surface area (TPSA) is 76.6 Å². The summed E-state index contributed by atoms with van der Waals surface area (Å²) in [6.07, 6.45) is 2.53. The van der Waals surface area contributed by atoms with Crippen LogP contribution in [0.2, 0.25) is 0 Å². The number of para-hydroxylation sites is 1. The van der Waals surface area contributed by atoms with E-state index in [4.69, 9.17) is 0 Å². The van der Waals surface area contributed by atoms with E-state index in [-0.39, 0.29) is 23.0 Å². The van der Waals surface area contributed by atoms with Crippen LogP contribution in [-0.4, -0.2) is 65.1 Å². The first-order chi connectivity index (χ1) is 11.8. The van der Waals surface area contributed by atoms with E-state index < -0.39 is 22.8 Å². The number of β-amino-alcohol motifs (C(OH)–C–C–N with tert-alkyl or cyclic N) is 1. The number of carbonyl (C=O) groups is 1. The number of nitrogens with one attached hydrogen (secondary N) is 1. The van der Waals surface area contributed by atoms with E-state index in [0.29, 0.717) is 25.9 Å². The maximum Gasteiger partial charge on any atom is 0.259 e. The van der Waals surface area contributed by atoms with Crippen molar-refractivity contribution in [3.05, 3.63) is 46.0 Å². The lowest BCUT2D eigenvalue weighted by Gasteiger charge is -2.40. The second-order valence-corrected chi connectivity index (χ2v) is 6.99. The Kier molecular flexibility index (Phi) is 4.62. The molecule has 0 radical (unpaired) electrons. The largest absolute Gasteiger partial charge is 0.387 e. The number of rotatable bonds is 3. The second-order valence-electron chi connectivity index (χ2n) is 6.99. The van der Waals surface area contributed by atoms with Gasteiger partial charge in [0.25, 0.3) is 5.91 Å². The lowest BCUT2D eigenvalue weighted by atomic mass is 9.92. The number of hydrogen-bond acceptors (Lipinski definition) is 4. The minimum absolute atomic E-state index is 0.0350. The molecule has 25 heavy (non-hydrogen) atoms. The molecular weight excluding hydrogens is 325 g/mol. The van der Waals surface area contributed by atoms with E-state index >= 15 is 0 Å². The SMILES string of the molecule is CN(C)C[C@]1(O)CCCN(C(=O)c2c[nH]c3c(F)cccc3c2=O)C1. The number of nitrogens with zero attached hydrogens (tertiary/aromatic N) is 2. The van der Waals surface area contributed by atoms with Crippen molar-refractivity contribution in [3.63, 3.8) is 0 Å². The molecule has 6 nitrogen and oxygen atoms in total. The molecule has 1 aromatic heterocycles. The minimum Gasteiger partial charge on any atom is -0.387 e. The van der Waals surface area contributed by atoms with Gasteiger partial charge in [-0.2, -0.15) is 0 Å². The molecular formula is C18H22FN3O3. The maximum atomic E-state index is 13.8. The third-order valence-corrected chi connectivity index (χ3v) is 4.55. The van der Waals surface area contributed by atoms with Crippen molar-refractivity contribution in [2.24, 2.45) is 0 Å². The number of aromatic nitrogens is 1. The summed E-state index contributed by atoms with van der Waals surface area (Å²) in [5.41, 5.74) is -1.44. The van der Waals surface area contributed by atoms with Crippen molar-refractivity contribution in [1.82, 2.24) is 14.8 Å². The number of piperidine rings is 1. The number of carbonyl (C=O) groups excluding carboxylic acids is 1. The van der Waals surface area contributed by atoms with E-state index in [9.17, 15) is 19.1 Å². The number of benzene rings is 1. The van der Waals surface area contributed by atoms with Gasteiger partial charge in [-0.1, -0.05) is 6.07 Å². The number of aliphatic hydroxyl groups is 1. The Balaban J connectivity index is 1.92. The van der Waals surface area contributed by atoms with Gasteiger partial charge in [0.1, 0.15) is 11.4 Å². The first kappa shape index (κ1) is 17.6. The van der Waals surface area contributed by atoms with E-state index in [0.717, 1.165) is 0 Å². The van der Waals surface area contributed by atoms with Crippen molar-refractivity contribution in [1.29, 1.82) is 0 Å². The molecule has 2 aromatic rings. The summed E-state index contributed by atoms with van der Waals surface area (Å²) in [6.45, 7) is 1.09. The molecule has 1 aromatic carbocycles. The highest BCUT2D eigenvalue weighted by Crippen LogP contribution is 2.23. The summed E-state index contributed by atoms with van der Waals surface area (Å²) < 4.78 is 13.8. The van der Waals surface area contributed by atoms with E-state index in [1.165, 1.54) is 29.3 Å². The number of pyridine rings is 1. The second kappa shape index (κ2) is 6.57. The summed E-state index contributed by atoms with van der Waals surface area (Å²) in [5.74, 6) is -0.976. The molecule has 3 rings (SSSR count). The Bertz CT molecular complexity index is 864. The third-order valence-electron chi connectivity index (χ3n) is 4.55. The van der Waals surface area contributed by atoms with Crippen LogP contribution < -0.4 is 5.43 Å². The smallest absolute Gasteiger partial charge is 0.259 e. The Labute approximate surface area is 144 Å². The van der Waals surface area contributed by atoms with Crippen LogP contribution in [0.25, 0.3) is 10.9 Å². The molecule has 1 fully saturated rings. The van der Waals surface area contributed by atoms with Gasteiger partial charge in [0, 0.05) is 24.7 Å². The molecule has 0 spiro atoms. The molecule has 7 heteroatoms. The quantitative estimate of drug-likeness (QED) is 0.875. The van der Waals surface area contributed by atoms with Gasteiger partial charge in [0.2, 0.25) is 5.43 Å². The van der Waals surface area contributed by atoms with Crippen LogP contribution in [0.1, 0.15) is 23.2 Å². The first-order valence-corrected chi connectivity index (χ1v) is 8.27. The molecule has 1 saturated heterocycles. The van der Waals surface area contributed by atoms with Gasteiger partial charge in [0.15, 0.2) is 0 Å². The molecule has 1 aliphatic heterocycles. The number of halogens is 1. The van der Waals surface area contributed by atoms with Crippen LogP contribution in [0.15, 0.2) is 29.2 Å². The zero-order valence-electron chi connectivity index (χ0n) is 14.4. The summed E-state index contributed by atoms with van der Waals surface area (Å²) >= 11 is 0. The third kappa shape index (κ3) is 3.43. The number of likely N-dealkylation sites (N-methyl/N-ethyl adjacent to an activating group) is 1. The van der Waals surface area contributed by atoms with Crippen LogP contribution >= 0.6 is 0 Å². The Hall–Kier alpha value is -2.25. The average Bonchev–Trinajstić information content (AvgIpc) is 2.54. The van der Waals surface area contributed by atoms with E-state index in [2.05, 4.69) is 4.98 Å². The molecule has 134 valence electrons.